The molecule has 3 N–H and O–H groups in total. The van der Waals surface area contributed by atoms with Crippen LogP contribution in [0.25, 0.3) is 0 Å². The molecule has 3 amide bonds. The van der Waals surface area contributed by atoms with Crippen LogP contribution in [0.2, 0.25) is 0 Å². The molecule has 35 heavy (non-hydrogen) atoms. The van der Waals surface area contributed by atoms with E-state index in [9.17, 15) is 14.4 Å². The maximum absolute atomic E-state index is 12.0. The number of nitrogens with zero attached hydrogens (tertiary/aromatic N) is 1. The number of rotatable bonds is 10. The van der Waals surface area contributed by atoms with Gasteiger partial charge in [-0.1, -0.05) is 54.6 Å². The second kappa shape index (κ2) is 13.1. The van der Waals surface area contributed by atoms with Crippen LogP contribution in [0.1, 0.15) is 16.7 Å². The third-order valence-electron chi connectivity index (χ3n) is 4.76. The Hall–Kier alpha value is -4.66. The Labute approximate surface area is 203 Å². The minimum atomic E-state index is -0.891. The van der Waals surface area contributed by atoms with E-state index in [-0.39, 0.29) is 19.1 Å². The minimum Gasteiger partial charge on any atom is -0.497 e. The van der Waals surface area contributed by atoms with Gasteiger partial charge in [-0.15, -0.1) is 0 Å². The van der Waals surface area contributed by atoms with Crippen molar-refractivity contribution in [2.45, 2.75) is 13.1 Å². The molecule has 0 saturated carbocycles. The first-order valence-electron chi connectivity index (χ1n) is 10.8. The summed E-state index contributed by atoms with van der Waals surface area (Å²) >= 11 is 0. The number of carbonyl (C=O) groups excluding carboxylic acids is 3. The molecule has 0 aromatic heterocycles. The largest absolute Gasteiger partial charge is 0.497 e. The average molecular weight is 475 g/mol. The van der Waals surface area contributed by atoms with Crippen LogP contribution in [0.5, 0.6) is 11.5 Å². The molecule has 0 aliphatic carbocycles. The summed E-state index contributed by atoms with van der Waals surface area (Å²) in [5.74, 6) is -0.782. The van der Waals surface area contributed by atoms with Crippen molar-refractivity contribution < 1.29 is 23.9 Å². The van der Waals surface area contributed by atoms with Gasteiger partial charge in [0.2, 0.25) is 0 Å². The van der Waals surface area contributed by atoms with Crippen molar-refractivity contribution in [2.75, 3.05) is 13.7 Å². The number of methoxy groups -OCH3 is 1. The van der Waals surface area contributed by atoms with Gasteiger partial charge < -0.3 is 20.1 Å². The fourth-order valence-corrected chi connectivity index (χ4v) is 2.90. The van der Waals surface area contributed by atoms with Gasteiger partial charge in [-0.3, -0.25) is 14.4 Å². The van der Waals surface area contributed by atoms with E-state index >= 15 is 0 Å². The van der Waals surface area contributed by atoms with Crippen LogP contribution in [-0.2, 0) is 27.5 Å². The molecule has 0 fully saturated rings. The van der Waals surface area contributed by atoms with Crippen LogP contribution in [0.15, 0.2) is 84.0 Å². The van der Waals surface area contributed by atoms with Gasteiger partial charge in [0, 0.05) is 13.1 Å². The molecule has 0 aliphatic rings. The maximum Gasteiger partial charge on any atom is 0.329 e. The highest BCUT2D eigenvalue weighted by atomic mass is 16.5. The van der Waals surface area contributed by atoms with Gasteiger partial charge in [0.15, 0.2) is 6.61 Å². The lowest BCUT2D eigenvalue weighted by Gasteiger charge is -2.08. The van der Waals surface area contributed by atoms with Gasteiger partial charge in [-0.25, -0.2) is 5.43 Å². The Morgan fingerprint density at radius 2 is 1.51 bits per heavy atom. The molecule has 3 aromatic rings. The minimum absolute atomic E-state index is 0.140. The van der Waals surface area contributed by atoms with Crippen LogP contribution in [0.4, 0.5) is 0 Å². The number of hydrazone groups is 1. The number of hydrogen-bond donors (Lipinski definition) is 3. The number of nitrogens with one attached hydrogen (secondary N) is 3. The number of ether oxygens (including phenoxy) is 2. The van der Waals surface area contributed by atoms with Gasteiger partial charge in [0.1, 0.15) is 11.5 Å². The molecular formula is C26H26N4O5. The first kappa shape index (κ1) is 25.0. The Bertz CT molecular complexity index is 1160. The molecule has 3 aromatic carbocycles. The third-order valence-corrected chi connectivity index (χ3v) is 4.76. The van der Waals surface area contributed by atoms with Gasteiger partial charge >= 0.3 is 11.8 Å². The van der Waals surface area contributed by atoms with Gasteiger partial charge in [0.25, 0.3) is 5.91 Å². The van der Waals surface area contributed by atoms with Crippen molar-refractivity contribution in [3.63, 3.8) is 0 Å². The van der Waals surface area contributed by atoms with E-state index in [4.69, 9.17) is 9.47 Å². The van der Waals surface area contributed by atoms with E-state index in [1.807, 2.05) is 30.3 Å². The molecule has 0 atom stereocenters. The van der Waals surface area contributed by atoms with Gasteiger partial charge in [0.05, 0.1) is 13.3 Å². The lowest BCUT2D eigenvalue weighted by molar-refractivity contribution is -0.139. The molecule has 0 aliphatic heterocycles. The summed E-state index contributed by atoms with van der Waals surface area (Å²) in [4.78, 5) is 35.9. The monoisotopic (exact) mass is 474 g/mol. The van der Waals surface area contributed by atoms with Crippen molar-refractivity contribution in [2.24, 2.45) is 5.10 Å². The Morgan fingerprint density at radius 1 is 0.800 bits per heavy atom. The first-order chi connectivity index (χ1) is 17.0. The first-order valence-corrected chi connectivity index (χ1v) is 10.8. The number of amides is 3. The Morgan fingerprint density at radius 3 is 2.26 bits per heavy atom. The lowest BCUT2D eigenvalue weighted by Crippen LogP contribution is -2.37. The number of hydrogen-bond acceptors (Lipinski definition) is 6. The maximum atomic E-state index is 12.0. The highest BCUT2D eigenvalue weighted by molar-refractivity contribution is 6.35. The van der Waals surface area contributed by atoms with Crippen LogP contribution >= 0.6 is 0 Å². The predicted molar refractivity (Wildman–Crippen MR) is 131 cm³/mol. The highest BCUT2D eigenvalue weighted by Crippen LogP contribution is 2.12. The van der Waals surface area contributed by atoms with Crippen LogP contribution in [-0.4, -0.2) is 37.7 Å². The fourth-order valence-electron chi connectivity index (χ4n) is 2.90. The SMILES string of the molecule is COc1ccc(CNC(=O)C(=O)N/N=C\c2cccc(OCC(=O)NCc3ccccc3)c2)cc1. The van der Waals surface area contributed by atoms with E-state index in [2.05, 4.69) is 21.2 Å². The zero-order valence-corrected chi connectivity index (χ0v) is 19.2. The van der Waals surface area contributed by atoms with Crippen molar-refractivity contribution in [1.29, 1.82) is 0 Å². The van der Waals surface area contributed by atoms with Crippen molar-refractivity contribution in [1.82, 2.24) is 16.1 Å². The molecule has 0 bridgehead atoms. The summed E-state index contributed by atoms with van der Waals surface area (Å²) in [5, 5.41) is 9.11. The van der Waals surface area contributed by atoms with E-state index in [0.717, 1.165) is 11.1 Å². The standard InChI is InChI=1S/C26H26N4O5/c1-34-22-12-10-20(11-13-22)16-28-25(32)26(33)30-29-17-21-8-5-9-23(14-21)35-18-24(31)27-15-19-6-3-2-4-7-19/h2-14,17H,15-16,18H2,1H3,(H,27,31)(H,28,32)(H,30,33)/b29-17-. The normalized spacial score (nSPS) is 10.4. The fraction of sp³-hybridized carbons (Fsp3) is 0.154. The number of carbonyl (C=O) groups is 3. The summed E-state index contributed by atoms with van der Waals surface area (Å²) in [7, 11) is 1.57. The molecule has 0 saturated heterocycles. The summed E-state index contributed by atoms with van der Waals surface area (Å²) in [6.07, 6.45) is 1.37. The summed E-state index contributed by atoms with van der Waals surface area (Å²) in [6.45, 7) is 0.472. The second-order valence-electron chi connectivity index (χ2n) is 7.35. The topological polar surface area (TPSA) is 118 Å². The van der Waals surface area contributed by atoms with Crippen molar-refractivity contribution in [3.8, 4) is 11.5 Å². The van der Waals surface area contributed by atoms with Crippen LogP contribution in [0, 0.1) is 0 Å². The zero-order chi connectivity index (χ0) is 24.9. The highest BCUT2D eigenvalue weighted by Gasteiger charge is 2.12. The molecule has 0 unspecified atom stereocenters. The predicted octanol–water partition coefficient (Wildman–Crippen LogP) is 2.16. The molecular weight excluding hydrogens is 448 g/mol. The third kappa shape index (κ3) is 8.65. The van der Waals surface area contributed by atoms with Crippen LogP contribution < -0.4 is 25.5 Å². The summed E-state index contributed by atoms with van der Waals surface area (Å²) in [5.41, 5.74) is 4.61. The van der Waals surface area contributed by atoms with E-state index in [1.165, 1.54) is 6.21 Å². The summed E-state index contributed by atoms with van der Waals surface area (Å²) in [6, 6.07) is 23.5. The smallest absolute Gasteiger partial charge is 0.329 e. The molecule has 3 rings (SSSR count). The molecule has 0 radical (unpaired) electrons. The van der Waals surface area contributed by atoms with Gasteiger partial charge in [-0.2, -0.15) is 5.10 Å². The Balaban J connectivity index is 1.40. The zero-order valence-electron chi connectivity index (χ0n) is 19.2. The second-order valence-corrected chi connectivity index (χ2v) is 7.35. The van der Waals surface area contributed by atoms with Gasteiger partial charge in [-0.05, 0) is 41.0 Å². The molecule has 9 nitrogen and oxygen atoms in total. The van der Waals surface area contributed by atoms with E-state index in [1.54, 1.807) is 55.6 Å². The van der Waals surface area contributed by atoms with Crippen molar-refractivity contribution >= 4 is 23.9 Å². The molecule has 180 valence electrons. The average Bonchev–Trinajstić information content (AvgIpc) is 2.90. The van der Waals surface area contributed by atoms with E-state index < -0.39 is 11.8 Å². The van der Waals surface area contributed by atoms with E-state index in [0.29, 0.717) is 23.6 Å². The molecule has 9 heteroatoms. The molecule has 0 spiro atoms. The lowest BCUT2D eigenvalue weighted by atomic mass is 10.2. The quantitative estimate of drug-likeness (QED) is 0.236. The molecule has 0 heterocycles. The Kier molecular flexibility index (Phi) is 9.38. The van der Waals surface area contributed by atoms with Crippen molar-refractivity contribution in [3.05, 3.63) is 95.6 Å². The number of benzene rings is 3. The summed E-state index contributed by atoms with van der Waals surface area (Å²) < 4.78 is 10.6. The van der Waals surface area contributed by atoms with Crippen LogP contribution in [0.3, 0.4) is 0 Å².